The van der Waals surface area contributed by atoms with Crippen LogP contribution in [0.3, 0.4) is 0 Å². The molecule has 0 heterocycles. The van der Waals surface area contributed by atoms with Crippen molar-refractivity contribution in [3.63, 3.8) is 0 Å². The second-order valence-corrected chi connectivity index (χ2v) is 7.73. The molecular formula is C20H29NO2. The number of carbonyl (C=O) groups is 2. The fourth-order valence-corrected chi connectivity index (χ4v) is 3.94. The third-order valence-corrected chi connectivity index (χ3v) is 4.89. The topological polar surface area (TPSA) is 37.4 Å². The number of nitrogens with zero attached hydrogens (tertiary/aromatic N) is 1. The SMILES string of the molecule is Cc1ccccc1N(C1CCCCC1CC(=O)C=O)C(C)(C)C. The van der Waals surface area contributed by atoms with E-state index in [4.69, 9.17) is 0 Å². The second-order valence-electron chi connectivity index (χ2n) is 7.73. The van der Waals surface area contributed by atoms with Crippen molar-refractivity contribution in [1.29, 1.82) is 0 Å². The minimum atomic E-state index is -0.263. The maximum Gasteiger partial charge on any atom is 0.195 e. The van der Waals surface area contributed by atoms with Crippen LogP contribution in [0.15, 0.2) is 24.3 Å². The molecule has 23 heavy (non-hydrogen) atoms. The molecule has 0 bridgehead atoms. The Morgan fingerprint density at radius 3 is 2.48 bits per heavy atom. The summed E-state index contributed by atoms with van der Waals surface area (Å²) in [5.74, 6) is 0.000763. The Morgan fingerprint density at radius 1 is 1.22 bits per heavy atom. The molecule has 0 saturated heterocycles. The lowest BCUT2D eigenvalue weighted by Crippen LogP contribution is -2.53. The number of ketones is 1. The Labute approximate surface area is 140 Å². The van der Waals surface area contributed by atoms with Gasteiger partial charge in [-0.15, -0.1) is 0 Å². The largest absolute Gasteiger partial charge is 0.363 e. The van der Waals surface area contributed by atoms with Gasteiger partial charge in [0.15, 0.2) is 12.1 Å². The van der Waals surface area contributed by atoms with Gasteiger partial charge in [-0.3, -0.25) is 9.59 Å². The van der Waals surface area contributed by atoms with Crippen LogP contribution in [0.2, 0.25) is 0 Å². The first-order chi connectivity index (χ1) is 10.8. The first-order valence-corrected chi connectivity index (χ1v) is 8.67. The van der Waals surface area contributed by atoms with Gasteiger partial charge >= 0.3 is 0 Å². The molecule has 2 atom stereocenters. The van der Waals surface area contributed by atoms with E-state index >= 15 is 0 Å². The molecule has 1 aromatic carbocycles. The predicted molar refractivity (Wildman–Crippen MR) is 94.8 cm³/mol. The molecule has 0 amide bonds. The summed E-state index contributed by atoms with van der Waals surface area (Å²) < 4.78 is 0. The number of anilines is 1. The van der Waals surface area contributed by atoms with Crippen molar-refractivity contribution < 1.29 is 9.59 Å². The smallest absolute Gasteiger partial charge is 0.195 e. The van der Waals surface area contributed by atoms with Crippen LogP contribution in [0.4, 0.5) is 5.69 Å². The summed E-state index contributed by atoms with van der Waals surface area (Å²) in [6, 6.07) is 8.77. The van der Waals surface area contributed by atoms with E-state index in [0.29, 0.717) is 18.7 Å². The minimum Gasteiger partial charge on any atom is -0.363 e. The number of para-hydroxylation sites is 1. The number of aldehydes is 1. The van der Waals surface area contributed by atoms with E-state index in [2.05, 4.69) is 56.9 Å². The highest BCUT2D eigenvalue weighted by Gasteiger charge is 2.37. The van der Waals surface area contributed by atoms with Gasteiger partial charge in [0, 0.05) is 23.7 Å². The molecule has 126 valence electrons. The van der Waals surface area contributed by atoms with E-state index in [1.54, 1.807) is 0 Å². The predicted octanol–water partition coefficient (Wildman–Crippen LogP) is 4.32. The summed E-state index contributed by atoms with van der Waals surface area (Å²) in [5, 5.41) is 0. The molecule has 1 aromatic rings. The van der Waals surface area contributed by atoms with E-state index in [-0.39, 0.29) is 17.2 Å². The molecule has 2 rings (SSSR count). The van der Waals surface area contributed by atoms with E-state index < -0.39 is 0 Å². The quantitative estimate of drug-likeness (QED) is 0.600. The Morgan fingerprint density at radius 2 is 1.87 bits per heavy atom. The van der Waals surface area contributed by atoms with Gasteiger partial charge in [-0.1, -0.05) is 31.0 Å². The molecule has 1 saturated carbocycles. The summed E-state index contributed by atoms with van der Waals surface area (Å²) in [6.45, 7) is 8.83. The zero-order chi connectivity index (χ0) is 17.0. The van der Waals surface area contributed by atoms with Gasteiger partial charge in [0.1, 0.15) is 0 Å². The molecule has 0 radical (unpaired) electrons. The van der Waals surface area contributed by atoms with Crippen LogP contribution in [0, 0.1) is 12.8 Å². The van der Waals surface area contributed by atoms with Crippen molar-refractivity contribution in [3.8, 4) is 0 Å². The van der Waals surface area contributed by atoms with Crippen molar-refractivity contribution in [3.05, 3.63) is 29.8 Å². The van der Waals surface area contributed by atoms with Crippen LogP contribution in [0.1, 0.15) is 58.4 Å². The van der Waals surface area contributed by atoms with Gasteiger partial charge in [-0.25, -0.2) is 0 Å². The average Bonchev–Trinajstić information content (AvgIpc) is 2.49. The number of carbonyl (C=O) groups excluding carboxylic acids is 2. The molecule has 3 nitrogen and oxygen atoms in total. The molecule has 1 aliphatic rings. The lowest BCUT2D eigenvalue weighted by atomic mass is 9.78. The summed E-state index contributed by atoms with van der Waals surface area (Å²) in [5.41, 5.74) is 2.47. The third kappa shape index (κ3) is 4.21. The molecule has 0 spiro atoms. The summed E-state index contributed by atoms with van der Waals surface area (Å²) in [7, 11) is 0. The number of rotatable bonds is 5. The zero-order valence-corrected chi connectivity index (χ0v) is 14.8. The van der Waals surface area contributed by atoms with Gasteiger partial charge in [-0.2, -0.15) is 0 Å². The Bertz CT molecular complexity index is 559. The number of benzene rings is 1. The normalized spacial score (nSPS) is 21.7. The maximum atomic E-state index is 11.7. The van der Waals surface area contributed by atoms with Crippen molar-refractivity contribution >= 4 is 17.8 Å². The molecule has 1 aliphatic carbocycles. The van der Waals surface area contributed by atoms with Gasteiger partial charge in [0.05, 0.1) is 0 Å². The standard InChI is InChI=1S/C20H29NO2/c1-15-9-5-7-11-18(15)21(20(2,3)4)19-12-8-6-10-16(19)13-17(23)14-22/h5,7,9,11,14,16,19H,6,8,10,12-13H2,1-4H3. The molecule has 2 unspecified atom stereocenters. The van der Waals surface area contributed by atoms with Crippen LogP contribution in [0.25, 0.3) is 0 Å². The summed E-state index contributed by atoms with van der Waals surface area (Å²) in [4.78, 5) is 25.0. The van der Waals surface area contributed by atoms with Crippen LogP contribution >= 0.6 is 0 Å². The lowest BCUT2D eigenvalue weighted by Gasteiger charge is -2.49. The Kier molecular flexibility index (Phi) is 5.61. The number of hydrogen-bond donors (Lipinski definition) is 0. The second kappa shape index (κ2) is 7.29. The summed E-state index contributed by atoms with van der Waals surface area (Å²) >= 11 is 0. The molecule has 0 aliphatic heterocycles. The molecule has 1 fully saturated rings. The molecular weight excluding hydrogens is 286 g/mol. The number of hydrogen-bond acceptors (Lipinski definition) is 3. The van der Waals surface area contributed by atoms with E-state index in [9.17, 15) is 9.59 Å². The first-order valence-electron chi connectivity index (χ1n) is 8.67. The maximum absolute atomic E-state index is 11.7. The summed E-state index contributed by atoms with van der Waals surface area (Å²) in [6.07, 6.45) is 5.33. The van der Waals surface area contributed by atoms with Gasteiger partial charge in [-0.05, 0) is 58.1 Å². The highest BCUT2D eigenvalue weighted by atomic mass is 16.2. The third-order valence-electron chi connectivity index (χ3n) is 4.89. The van der Waals surface area contributed by atoms with E-state index in [1.165, 1.54) is 17.7 Å². The van der Waals surface area contributed by atoms with Gasteiger partial charge < -0.3 is 4.90 Å². The van der Waals surface area contributed by atoms with Gasteiger partial charge in [0.2, 0.25) is 0 Å². The van der Waals surface area contributed by atoms with Crippen molar-refractivity contribution in [2.75, 3.05) is 4.90 Å². The van der Waals surface area contributed by atoms with E-state index in [1.807, 2.05) is 0 Å². The fraction of sp³-hybridized carbons (Fsp3) is 0.600. The fourth-order valence-electron chi connectivity index (χ4n) is 3.94. The molecule has 3 heteroatoms. The Balaban J connectivity index is 2.38. The van der Waals surface area contributed by atoms with Crippen LogP contribution in [-0.4, -0.2) is 23.7 Å². The first kappa shape index (κ1) is 17.7. The monoisotopic (exact) mass is 315 g/mol. The number of aryl methyl sites for hydroxylation is 1. The Hall–Kier alpha value is -1.64. The van der Waals surface area contributed by atoms with Crippen LogP contribution in [-0.2, 0) is 9.59 Å². The van der Waals surface area contributed by atoms with E-state index in [0.717, 1.165) is 19.3 Å². The molecule has 0 N–H and O–H groups in total. The number of Topliss-reactive ketones (excluding diaryl/α,β-unsaturated/α-hetero) is 1. The zero-order valence-electron chi connectivity index (χ0n) is 14.8. The van der Waals surface area contributed by atoms with Crippen molar-refractivity contribution in [2.45, 2.75) is 71.4 Å². The highest BCUT2D eigenvalue weighted by molar-refractivity contribution is 6.24. The van der Waals surface area contributed by atoms with Crippen LogP contribution < -0.4 is 4.90 Å². The van der Waals surface area contributed by atoms with Crippen molar-refractivity contribution in [1.82, 2.24) is 0 Å². The highest BCUT2D eigenvalue weighted by Crippen LogP contribution is 2.38. The van der Waals surface area contributed by atoms with Gasteiger partial charge in [0.25, 0.3) is 0 Å². The lowest BCUT2D eigenvalue weighted by molar-refractivity contribution is -0.130. The van der Waals surface area contributed by atoms with Crippen molar-refractivity contribution in [2.24, 2.45) is 5.92 Å². The minimum absolute atomic E-state index is 0.0312. The average molecular weight is 315 g/mol. The molecule has 0 aromatic heterocycles. The van der Waals surface area contributed by atoms with Crippen LogP contribution in [0.5, 0.6) is 0 Å².